The lowest BCUT2D eigenvalue weighted by molar-refractivity contribution is -0.386. The summed E-state index contributed by atoms with van der Waals surface area (Å²) >= 11 is 0. The topological polar surface area (TPSA) is 98.9 Å². The van der Waals surface area contributed by atoms with E-state index in [0.717, 1.165) is 0 Å². The average Bonchev–Trinajstić information content (AvgIpc) is 2.60. The lowest BCUT2D eigenvalue weighted by Crippen LogP contribution is -1.99. The Kier molecular flexibility index (Phi) is 5.16. The Labute approximate surface area is 137 Å². The van der Waals surface area contributed by atoms with Crippen LogP contribution in [0.25, 0.3) is 6.08 Å². The van der Waals surface area contributed by atoms with Crippen molar-refractivity contribution in [1.29, 1.82) is 0 Å². The number of aromatic hydroxyl groups is 1. The van der Waals surface area contributed by atoms with Crippen LogP contribution >= 0.6 is 0 Å². The first-order valence-electron chi connectivity index (χ1n) is 6.89. The van der Waals surface area contributed by atoms with Crippen LogP contribution in [0.15, 0.2) is 42.5 Å². The van der Waals surface area contributed by atoms with E-state index < -0.39 is 16.4 Å². The number of phenols is 1. The molecular weight excluding hydrogens is 314 g/mol. The van der Waals surface area contributed by atoms with Crippen LogP contribution in [0, 0.1) is 10.1 Å². The fraction of sp³-hybridized carbons (Fsp3) is 0.118. The average molecular weight is 329 g/mol. The van der Waals surface area contributed by atoms with Gasteiger partial charge in [0.1, 0.15) is 0 Å². The Morgan fingerprint density at radius 2 is 1.88 bits per heavy atom. The van der Waals surface area contributed by atoms with Crippen LogP contribution in [0.5, 0.6) is 17.2 Å². The van der Waals surface area contributed by atoms with Gasteiger partial charge in [0.05, 0.1) is 19.1 Å². The first-order valence-corrected chi connectivity index (χ1v) is 6.89. The number of nitrogens with zero attached hydrogens (tertiary/aromatic N) is 1. The zero-order valence-electron chi connectivity index (χ0n) is 13.1. The number of benzene rings is 2. The largest absolute Gasteiger partial charge is 0.499 e. The Hall–Kier alpha value is -3.35. The number of carbonyl (C=O) groups is 1. The summed E-state index contributed by atoms with van der Waals surface area (Å²) in [5, 5.41) is 21.1. The highest BCUT2D eigenvalue weighted by Gasteiger charge is 2.27. The summed E-state index contributed by atoms with van der Waals surface area (Å²) in [6.07, 6.45) is 2.65. The van der Waals surface area contributed by atoms with Crippen molar-refractivity contribution in [2.45, 2.75) is 0 Å². The first kappa shape index (κ1) is 17.0. The van der Waals surface area contributed by atoms with E-state index in [4.69, 9.17) is 9.47 Å². The van der Waals surface area contributed by atoms with Crippen molar-refractivity contribution >= 4 is 17.5 Å². The van der Waals surface area contributed by atoms with E-state index in [-0.39, 0.29) is 22.8 Å². The van der Waals surface area contributed by atoms with E-state index in [2.05, 4.69) is 0 Å². The van der Waals surface area contributed by atoms with Gasteiger partial charge in [-0.3, -0.25) is 14.9 Å². The van der Waals surface area contributed by atoms with E-state index in [1.165, 1.54) is 32.4 Å². The molecule has 0 unspecified atom stereocenters. The molecule has 2 rings (SSSR count). The lowest BCUT2D eigenvalue weighted by Gasteiger charge is -2.10. The molecule has 1 N–H and O–H groups in total. The molecule has 0 atom stereocenters. The van der Waals surface area contributed by atoms with Gasteiger partial charge in [-0.2, -0.15) is 0 Å². The molecule has 0 aliphatic rings. The van der Waals surface area contributed by atoms with E-state index in [9.17, 15) is 20.0 Å². The van der Waals surface area contributed by atoms with Crippen LogP contribution in [-0.2, 0) is 0 Å². The molecule has 0 saturated heterocycles. The number of allylic oxidation sites excluding steroid dienone is 1. The molecule has 0 saturated carbocycles. The molecule has 0 radical (unpaired) electrons. The molecule has 0 heterocycles. The van der Waals surface area contributed by atoms with Gasteiger partial charge in [0, 0.05) is 11.1 Å². The monoisotopic (exact) mass is 329 g/mol. The number of rotatable bonds is 6. The number of ether oxygens (including phenoxy) is 2. The van der Waals surface area contributed by atoms with Crippen LogP contribution in [0.3, 0.4) is 0 Å². The molecule has 0 fully saturated rings. The molecule has 0 spiro atoms. The maximum atomic E-state index is 12.1. The quantitative estimate of drug-likeness (QED) is 0.378. The summed E-state index contributed by atoms with van der Waals surface area (Å²) in [7, 11) is 2.51. The normalized spacial score (nSPS) is 10.6. The van der Waals surface area contributed by atoms with Gasteiger partial charge in [-0.1, -0.05) is 30.3 Å². The third-order valence-corrected chi connectivity index (χ3v) is 3.30. The van der Waals surface area contributed by atoms with Crippen molar-refractivity contribution in [1.82, 2.24) is 0 Å². The highest BCUT2D eigenvalue weighted by Crippen LogP contribution is 2.45. The van der Waals surface area contributed by atoms with Crippen LogP contribution in [-0.4, -0.2) is 30.0 Å². The summed E-state index contributed by atoms with van der Waals surface area (Å²) in [4.78, 5) is 22.5. The van der Waals surface area contributed by atoms with Gasteiger partial charge in [0.25, 0.3) is 0 Å². The fourth-order valence-corrected chi connectivity index (χ4v) is 2.16. The number of hydrogen-bond acceptors (Lipinski definition) is 6. The van der Waals surface area contributed by atoms with E-state index in [1.807, 2.05) is 0 Å². The first-order chi connectivity index (χ1) is 11.5. The predicted molar refractivity (Wildman–Crippen MR) is 87.7 cm³/mol. The summed E-state index contributed by atoms with van der Waals surface area (Å²) in [5.41, 5.74) is 0.0970. The van der Waals surface area contributed by atoms with Crippen LogP contribution in [0.4, 0.5) is 5.69 Å². The van der Waals surface area contributed by atoms with Crippen molar-refractivity contribution in [3.05, 3.63) is 63.7 Å². The van der Waals surface area contributed by atoms with Crippen LogP contribution in [0.1, 0.15) is 15.9 Å². The number of nitro groups is 1. The molecule has 0 amide bonds. The van der Waals surface area contributed by atoms with Crippen LogP contribution < -0.4 is 9.47 Å². The Balaban J connectivity index is 2.50. The summed E-state index contributed by atoms with van der Waals surface area (Å²) in [6.45, 7) is 0. The molecule has 24 heavy (non-hydrogen) atoms. The third-order valence-electron chi connectivity index (χ3n) is 3.30. The summed E-state index contributed by atoms with van der Waals surface area (Å²) < 4.78 is 9.97. The molecule has 124 valence electrons. The van der Waals surface area contributed by atoms with Gasteiger partial charge >= 0.3 is 5.69 Å². The van der Waals surface area contributed by atoms with Crippen molar-refractivity contribution < 1.29 is 24.3 Å². The van der Waals surface area contributed by atoms with Crippen LogP contribution in [0.2, 0.25) is 0 Å². The van der Waals surface area contributed by atoms with E-state index >= 15 is 0 Å². The molecule has 7 nitrogen and oxygen atoms in total. The number of hydrogen-bond donors (Lipinski definition) is 1. The fourth-order valence-electron chi connectivity index (χ4n) is 2.16. The maximum Gasteiger partial charge on any atom is 0.356 e. The Bertz CT molecular complexity index is 798. The second-order valence-electron chi connectivity index (χ2n) is 4.72. The minimum absolute atomic E-state index is 0.0886. The summed E-state index contributed by atoms with van der Waals surface area (Å²) in [5.74, 6) is -1.15. The van der Waals surface area contributed by atoms with Crippen molar-refractivity contribution in [2.75, 3.05) is 14.2 Å². The number of ketones is 1. The molecule has 0 aliphatic heterocycles. The molecule has 7 heteroatoms. The third kappa shape index (κ3) is 3.35. The van der Waals surface area contributed by atoms with E-state index in [1.54, 1.807) is 30.3 Å². The SMILES string of the molecule is COc1cc(/C=C/C(=O)c2ccccc2)c(OC)c([N+](=O)[O-])c1O. The molecule has 2 aromatic rings. The lowest BCUT2D eigenvalue weighted by atomic mass is 10.1. The second kappa shape index (κ2) is 7.28. The van der Waals surface area contributed by atoms with Gasteiger partial charge in [-0.25, -0.2) is 0 Å². The van der Waals surface area contributed by atoms with Gasteiger partial charge in [-0.05, 0) is 18.2 Å². The molecule has 0 aliphatic carbocycles. The number of carbonyl (C=O) groups excluding carboxylic acids is 1. The molecule has 0 bridgehead atoms. The Morgan fingerprint density at radius 3 is 2.42 bits per heavy atom. The standard InChI is InChI=1S/C17H15NO6/c1-23-14-10-12(17(24-2)15(16(14)20)18(21)22)8-9-13(19)11-6-4-3-5-7-11/h3-10,20H,1-2H3/b9-8+. The maximum absolute atomic E-state index is 12.1. The molecule has 0 aromatic heterocycles. The van der Waals surface area contributed by atoms with Crippen molar-refractivity contribution in [3.63, 3.8) is 0 Å². The zero-order chi connectivity index (χ0) is 17.7. The molecule has 2 aromatic carbocycles. The van der Waals surface area contributed by atoms with Crippen molar-refractivity contribution in [3.8, 4) is 17.2 Å². The smallest absolute Gasteiger partial charge is 0.356 e. The van der Waals surface area contributed by atoms with Gasteiger partial charge in [0.15, 0.2) is 11.5 Å². The Morgan fingerprint density at radius 1 is 1.21 bits per heavy atom. The highest BCUT2D eigenvalue weighted by atomic mass is 16.6. The predicted octanol–water partition coefficient (Wildman–Crippen LogP) is 3.21. The molecular formula is C17H15NO6. The van der Waals surface area contributed by atoms with E-state index in [0.29, 0.717) is 5.56 Å². The number of nitro benzene ring substituents is 1. The summed E-state index contributed by atoms with van der Waals surface area (Å²) in [6, 6.07) is 9.92. The number of phenolic OH excluding ortho intramolecular Hbond substituents is 1. The minimum atomic E-state index is -0.771. The minimum Gasteiger partial charge on any atom is -0.499 e. The second-order valence-corrected chi connectivity index (χ2v) is 4.72. The van der Waals surface area contributed by atoms with Gasteiger partial charge < -0.3 is 14.6 Å². The van der Waals surface area contributed by atoms with Crippen molar-refractivity contribution in [2.24, 2.45) is 0 Å². The van der Waals surface area contributed by atoms with Gasteiger partial charge in [0.2, 0.25) is 11.5 Å². The van der Waals surface area contributed by atoms with Gasteiger partial charge in [-0.15, -0.1) is 0 Å². The zero-order valence-corrected chi connectivity index (χ0v) is 13.1. The highest BCUT2D eigenvalue weighted by molar-refractivity contribution is 6.07. The number of methoxy groups -OCH3 is 2.